The number of rotatable bonds is 5. The minimum atomic E-state index is -1.22. The van der Waals surface area contributed by atoms with Crippen molar-refractivity contribution >= 4 is 23.2 Å². The molecule has 194 valence electrons. The summed E-state index contributed by atoms with van der Waals surface area (Å²) in [4.78, 5) is 32.6. The third-order valence-corrected chi connectivity index (χ3v) is 6.31. The lowest BCUT2D eigenvalue weighted by Gasteiger charge is -2.37. The number of anilines is 2. The van der Waals surface area contributed by atoms with Crippen LogP contribution in [-0.4, -0.2) is 54.9 Å². The topological polar surface area (TPSA) is 91.6 Å². The minimum Gasteiger partial charge on any atom is -0.368 e. The molecule has 2 atom stereocenters. The first-order valence-corrected chi connectivity index (χ1v) is 11.8. The van der Waals surface area contributed by atoms with Crippen molar-refractivity contribution in [2.24, 2.45) is 11.7 Å². The van der Waals surface area contributed by atoms with Crippen molar-refractivity contribution in [2.75, 3.05) is 37.4 Å². The van der Waals surface area contributed by atoms with Gasteiger partial charge < -0.3 is 20.9 Å². The maximum absolute atomic E-state index is 15.5. The SMILES string of the molecule is C[C@@H]1C[C@H](N)CN(c2ccncc2NC(=O)c2ccc(F)c(-c3ccc(C(=O)N(C)C)cc3F)c2F)C1. The third-order valence-electron chi connectivity index (χ3n) is 6.31. The maximum Gasteiger partial charge on any atom is 0.258 e. The zero-order valence-electron chi connectivity index (χ0n) is 20.8. The molecule has 0 aliphatic carbocycles. The van der Waals surface area contributed by atoms with Crippen molar-refractivity contribution < 1.29 is 22.8 Å². The average molecular weight is 512 g/mol. The van der Waals surface area contributed by atoms with E-state index in [9.17, 15) is 18.4 Å². The Labute approximate surface area is 213 Å². The van der Waals surface area contributed by atoms with Crippen molar-refractivity contribution in [3.05, 3.63) is 77.4 Å². The second kappa shape index (κ2) is 10.6. The van der Waals surface area contributed by atoms with Gasteiger partial charge in [-0.1, -0.05) is 13.0 Å². The van der Waals surface area contributed by atoms with Gasteiger partial charge in [-0.2, -0.15) is 0 Å². The second-order valence-corrected chi connectivity index (χ2v) is 9.53. The molecule has 2 amide bonds. The number of aromatic nitrogens is 1. The number of piperidine rings is 1. The third kappa shape index (κ3) is 5.43. The van der Waals surface area contributed by atoms with Crippen LogP contribution in [0.25, 0.3) is 11.1 Å². The normalized spacial score (nSPS) is 17.4. The first kappa shape index (κ1) is 26.2. The van der Waals surface area contributed by atoms with Crippen LogP contribution in [-0.2, 0) is 0 Å². The van der Waals surface area contributed by atoms with Crippen LogP contribution in [0, 0.1) is 23.4 Å². The van der Waals surface area contributed by atoms with Crippen molar-refractivity contribution in [3.8, 4) is 11.1 Å². The van der Waals surface area contributed by atoms with Crippen LogP contribution in [0.5, 0.6) is 0 Å². The van der Waals surface area contributed by atoms with Gasteiger partial charge in [-0.05, 0) is 42.7 Å². The van der Waals surface area contributed by atoms with Gasteiger partial charge in [-0.3, -0.25) is 14.6 Å². The summed E-state index contributed by atoms with van der Waals surface area (Å²) < 4.78 is 45.1. The molecule has 7 nitrogen and oxygen atoms in total. The number of nitrogens with one attached hydrogen (secondary N) is 1. The van der Waals surface area contributed by atoms with E-state index in [-0.39, 0.29) is 11.6 Å². The van der Waals surface area contributed by atoms with Crippen LogP contribution in [0.15, 0.2) is 48.8 Å². The van der Waals surface area contributed by atoms with Gasteiger partial charge in [-0.25, -0.2) is 13.2 Å². The van der Waals surface area contributed by atoms with E-state index in [1.807, 2.05) is 4.90 Å². The molecule has 37 heavy (non-hydrogen) atoms. The molecule has 4 rings (SSSR count). The summed E-state index contributed by atoms with van der Waals surface area (Å²) in [5.74, 6) is -4.22. The Bertz CT molecular complexity index is 1340. The standard InChI is InChI=1S/C27H28F3N5O2/c1-15-10-17(31)14-35(13-15)23-8-9-32-12-22(23)33-26(36)19-6-7-20(28)24(25(19)30)18-5-4-16(11-21(18)29)27(37)34(2)3/h4-9,11-12,15,17H,10,13-14,31H2,1-3H3,(H,33,36)/t15-,17+/m1/s1. The highest BCUT2D eigenvalue weighted by Gasteiger charge is 2.26. The van der Waals surface area contributed by atoms with Crippen molar-refractivity contribution in [2.45, 2.75) is 19.4 Å². The van der Waals surface area contributed by atoms with Gasteiger partial charge in [0.05, 0.1) is 28.7 Å². The summed E-state index contributed by atoms with van der Waals surface area (Å²) in [7, 11) is 3.01. The number of hydrogen-bond donors (Lipinski definition) is 2. The monoisotopic (exact) mass is 511 g/mol. The Kier molecular flexibility index (Phi) is 7.49. The van der Waals surface area contributed by atoms with Gasteiger partial charge in [0, 0.05) is 50.6 Å². The highest BCUT2D eigenvalue weighted by molar-refractivity contribution is 6.06. The summed E-state index contributed by atoms with van der Waals surface area (Å²) in [6, 6.07) is 6.91. The zero-order valence-corrected chi connectivity index (χ0v) is 20.8. The summed E-state index contributed by atoms with van der Waals surface area (Å²) in [5, 5.41) is 2.65. The van der Waals surface area contributed by atoms with Crippen LogP contribution >= 0.6 is 0 Å². The maximum atomic E-state index is 15.5. The molecule has 0 unspecified atom stereocenters. The van der Waals surface area contributed by atoms with Crippen LogP contribution in [0.1, 0.15) is 34.1 Å². The Hall–Kier alpha value is -3.92. The molecule has 0 radical (unpaired) electrons. The molecule has 2 aromatic carbocycles. The van der Waals surface area contributed by atoms with E-state index in [0.717, 1.165) is 37.2 Å². The predicted molar refractivity (Wildman–Crippen MR) is 136 cm³/mol. The van der Waals surface area contributed by atoms with Gasteiger partial charge in [-0.15, -0.1) is 0 Å². The van der Waals surface area contributed by atoms with E-state index in [0.29, 0.717) is 23.8 Å². The molecule has 0 saturated carbocycles. The molecule has 1 fully saturated rings. The first-order valence-electron chi connectivity index (χ1n) is 11.8. The van der Waals surface area contributed by atoms with E-state index in [1.165, 1.54) is 31.3 Å². The Balaban J connectivity index is 1.66. The number of pyridine rings is 1. The van der Waals surface area contributed by atoms with Crippen molar-refractivity contribution in [1.29, 1.82) is 0 Å². The number of carbonyl (C=O) groups excluding carboxylic acids is 2. The van der Waals surface area contributed by atoms with Crippen LogP contribution < -0.4 is 16.0 Å². The van der Waals surface area contributed by atoms with E-state index in [1.54, 1.807) is 12.3 Å². The van der Waals surface area contributed by atoms with Gasteiger partial charge in [0.1, 0.15) is 17.5 Å². The number of nitrogens with two attached hydrogens (primary N) is 1. The summed E-state index contributed by atoms with van der Waals surface area (Å²) in [5.41, 5.74) is 5.65. The second-order valence-electron chi connectivity index (χ2n) is 9.53. The Morgan fingerprint density at radius 1 is 1.08 bits per heavy atom. The number of carbonyl (C=O) groups is 2. The molecule has 1 aliphatic rings. The van der Waals surface area contributed by atoms with Gasteiger partial charge in [0.25, 0.3) is 11.8 Å². The smallest absolute Gasteiger partial charge is 0.258 e. The molecule has 0 bridgehead atoms. The van der Waals surface area contributed by atoms with E-state index in [2.05, 4.69) is 17.2 Å². The Morgan fingerprint density at radius 2 is 1.84 bits per heavy atom. The summed E-state index contributed by atoms with van der Waals surface area (Å²) >= 11 is 0. The van der Waals surface area contributed by atoms with E-state index in [4.69, 9.17) is 5.73 Å². The molecule has 3 aromatic rings. The van der Waals surface area contributed by atoms with Crippen LogP contribution in [0.4, 0.5) is 24.5 Å². The summed E-state index contributed by atoms with van der Waals surface area (Å²) in [6.45, 7) is 3.39. The molecule has 0 spiro atoms. The number of halogens is 3. The number of hydrogen-bond acceptors (Lipinski definition) is 5. The van der Waals surface area contributed by atoms with Crippen molar-refractivity contribution in [1.82, 2.24) is 9.88 Å². The van der Waals surface area contributed by atoms with Crippen LogP contribution in [0.3, 0.4) is 0 Å². The van der Waals surface area contributed by atoms with E-state index >= 15 is 4.39 Å². The minimum absolute atomic E-state index is 0.0248. The van der Waals surface area contributed by atoms with Gasteiger partial charge >= 0.3 is 0 Å². The first-order chi connectivity index (χ1) is 17.6. The Morgan fingerprint density at radius 3 is 2.51 bits per heavy atom. The van der Waals surface area contributed by atoms with Gasteiger partial charge in [0.2, 0.25) is 0 Å². The van der Waals surface area contributed by atoms with E-state index < -0.39 is 46.0 Å². The zero-order chi connectivity index (χ0) is 26.9. The predicted octanol–water partition coefficient (Wildman–Crippen LogP) is 4.29. The highest BCUT2D eigenvalue weighted by Crippen LogP contribution is 2.33. The lowest BCUT2D eigenvalue weighted by Crippen LogP contribution is -2.46. The summed E-state index contributed by atoms with van der Waals surface area (Å²) in [6.07, 6.45) is 3.91. The lowest BCUT2D eigenvalue weighted by atomic mass is 9.96. The quantitative estimate of drug-likeness (QED) is 0.533. The molecule has 2 heterocycles. The lowest BCUT2D eigenvalue weighted by molar-refractivity contribution is 0.0827. The molecule has 1 aliphatic heterocycles. The fraction of sp³-hybridized carbons (Fsp3) is 0.296. The fourth-order valence-electron chi connectivity index (χ4n) is 4.63. The van der Waals surface area contributed by atoms with Crippen molar-refractivity contribution in [3.63, 3.8) is 0 Å². The molecule has 1 aromatic heterocycles. The highest BCUT2D eigenvalue weighted by atomic mass is 19.1. The molecular weight excluding hydrogens is 483 g/mol. The largest absolute Gasteiger partial charge is 0.368 e. The molecule has 10 heteroatoms. The number of benzene rings is 2. The van der Waals surface area contributed by atoms with Gasteiger partial charge in [0.15, 0.2) is 0 Å². The molecular formula is C27H28F3N5O2. The molecule has 3 N–H and O–H groups in total. The number of amides is 2. The molecule has 1 saturated heterocycles. The van der Waals surface area contributed by atoms with Crippen LogP contribution in [0.2, 0.25) is 0 Å². The fourth-order valence-corrected chi connectivity index (χ4v) is 4.63. The average Bonchev–Trinajstić information content (AvgIpc) is 2.84. The number of nitrogens with zero attached hydrogens (tertiary/aromatic N) is 3.